The van der Waals surface area contributed by atoms with Gasteiger partial charge < -0.3 is 11.1 Å². The molecule has 0 unspecified atom stereocenters. The maximum absolute atomic E-state index is 5.96. The molecule has 100 valence electrons. The molecule has 1 heterocycles. The van der Waals surface area contributed by atoms with Crippen molar-refractivity contribution in [3.63, 3.8) is 0 Å². The van der Waals surface area contributed by atoms with Crippen LogP contribution in [0, 0.1) is 0 Å². The Morgan fingerprint density at radius 1 is 1.10 bits per heavy atom. The lowest BCUT2D eigenvalue weighted by molar-refractivity contribution is 1.15. The van der Waals surface area contributed by atoms with E-state index < -0.39 is 0 Å². The molecular formula is C16H14BrN3. The first kappa shape index (κ1) is 12.9. The molecule has 3 rings (SSSR count). The van der Waals surface area contributed by atoms with E-state index in [-0.39, 0.29) is 0 Å². The van der Waals surface area contributed by atoms with E-state index in [9.17, 15) is 0 Å². The molecule has 0 aliphatic carbocycles. The predicted octanol–water partition coefficient (Wildman–Crippen LogP) is 4.19. The average Bonchev–Trinajstić information content (AvgIpc) is 2.47. The van der Waals surface area contributed by atoms with E-state index in [2.05, 4.69) is 38.4 Å². The summed E-state index contributed by atoms with van der Waals surface area (Å²) in [5, 5.41) is 4.49. The highest BCUT2D eigenvalue weighted by Gasteiger charge is 2.04. The molecule has 0 fully saturated rings. The van der Waals surface area contributed by atoms with Crippen LogP contribution in [0.4, 0.5) is 11.4 Å². The smallest absolute Gasteiger partial charge is 0.0951 e. The van der Waals surface area contributed by atoms with Gasteiger partial charge in [0.05, 0.1) is 11.2 Å². The van der Waals surface area contributed by atoms with E-state index >= 15 is 0 Å². The van der Waals surface area contributed by atoms with Crippen LogP contribution >= 0.6 is 15.9 Å². The maximum atomic E-state index is 5.96. The van der Waals surface area contributed by atoms with Crippen molar-refractivity contribution in [3.8, 4) is 0 Å². The minimum Gasteiger partial charge on any atom is -0.397 e. The molecule has 0 aliphatic heterocycles. The van der Waals surface area contributed by atoms with Crippen LogP contribution in [0.3, 0.4) is 0 Å². The fourth-order valence-corrected chi connectivity index (χ4v) is 2.64. The average molecular weight is 328 g/mol. The van der Waals surface area contributed by atoms with Crippen molar-refractivity contribution in [2.75, 3.05) is 11.1 Å². The van der Waals surface area contributed by atoms with Crippen LogP contribution in [0.25, 0.3) is 10.9 Å². The number of benzene rings is 2. The number of anilines is 2. The molecule has 0 radical (unpaired) electrons. The molecule has 3 aromatic rings. The van der Waals surface area contributed by atoms with E-state index in [1.165, 1.54) is 5.56 Å². The first-order valence-corrected chi connectivity index (χ1v) is 7.15. The second kappa shape index (κ2) is 5.51. The van der Waals surface area contributed by atoms with Crippen LogP contribution < -0.4 is 11.1 Å². The molecule has 0 aliphatic rings. The summed E-state index contributed by atoms with van der Waals surface area (Å²) in [4.78, 5) is 4.34. The normalized spacial score (nSPS) is 10.7. The van der Waals surface area contributed by atoms with E-state index in [1.807, 2.05) is 36.4 Å². The van der Waals surface area contributed by atoms with Gasteiger partial charge in [0.2, 0.25) is 0 Å². The Balaban J connectivity index is 1.90. The highest BCUT2D eigenvalue weighted by molar-refractivity contribution is 9.10. The summed E-state index contributed by atoms with van der Waals surface area (Å²) in [5.41, 5.74) is 9.76. The fourth-order valence-electron chi connectivity index (χ4n) is 2.19. The van der Waals surface area contributed by atoms with Gasteiger partial charge in [-0.3, -0.25) is 4.98 Å². The maximum Gasteiger partial charge on any atom is 0.0951 e. The van der Waals surface area contributed by atoms with Gasteiger partial charge in [0, 0.05) is 28.3 Å². The van der Waals surface area contributed by atoms with Crippen molar-refractivity contribution in [1.29, 1.82) is 0 Å². The number of aromatic nitrogens is 1. The van der Waals surface area contributed by atoms with Gasteiger partial charge in [0.1, 0.15) is 0 Å². The zero-order valence-corrected chi connectivity index (χ0v) is 12.4. The Morgan fingerprint density at radius 3 is 2.85 bits per heavy atom. The number of nitrogens with one attached hydrogen (secondary N) is 1. The van der Waals surface area contributed by atoms with Gasteiger partial charge in [-0.2, -0.15) is 0 Å². The summed E-state index contributed by atoms with van der Waals surface area (Å²) in [7, 11) is 0. The Bertz CT molecular complexity index is 756. The molecular weight excluding hydrogens is 314 g/mol. The topological polar surface area (TPSA) is 50.9 Å². The molecule has 0 saturated carbocycles. The van der Waals surface area contributed by atoms with E-state index in [0.29, 0.717) is 5.69 Å². The predicted molar refractivity (Wildman–Crippen MR) is 87.6 cm³/mol. The van der Waals surface area contributed by atoms with Crippen LogP contribution in [-0.4, -0.2) is 4.98 Å². The zero-order valence-electron chi connectivity index (χ0n) is 10.8. The summed E-state index contributed by atoms with van der Waals surface area (Å²) in [6.07, 6.45) is 1.76. The Morgan fingerprint density at radius 2 is 2.00 bits per heavy atom. The largest absolute Gasteiger partial charge is 0.397 e. The molecule has 3 nitrogen and oxygen atoms in total. The molecule has 3 N–H and O–H groups in total. The summed E-state index contributed by atoms with van der Waals surface area (Å²) < 4.78 is 1.08. The number of hydrogen-bond acceptors (Lipinski definition) is 3. The van der Waals surface area contributed by atoms with Gasteiger partial charge in [-0.15, -0.1) is 0 Å². The number of hydrogen-bond donors (Lipinski definition) is 2. The van der Waals surface area contributed by atoms with Crippen molar-refractivity contribution >= 4 is 38.2 Å². The minimum atomic E-state index is 0.702. The first-order valence-electron chi connectivity index (χ1n) is 6.35. The SMILES string of the molecule is Nc1ccc(NCc2cccc(Br)c2)c2cccnc12. The van der Waals surface area contributed by atoms with Crippen LogP contribution in [0.15, 0.2) is 59.2 Å². The number of nitrogen functional groups attached to an aromatic ring is 1. The molecule has 0 saturated heterocycles. The summed E-state index contributed by atoms with van der Waals surface area (Å²) in [6.45, 7) is 0.757. The van der Waals surface area contributed by atoms with Crippen molar-refractivity contribution in [1.82, 2.24) is 4.98 Å². The number of rotatable bonds is 3. The molecule has 0 amide bonds. The summed E-state index contributed by atoms with van der Waals surface area (Å²) in [5.74, 6) is 0. The lowest BCUT2D eigenvalue weighted by Gasteiger charge is -2.11. The second-order valence-electron chi connectivity index (χ2n) is 4.59. The van der Waals surface area contributed by atoms with Crippen LogP contribution in [-0.2, 0) is 6.54 Å². The lowest BCUT2D eigenvalue weighted by atomic mass is 10.1. The van der Waals surface area contributed by atoms with Crippen LogP contribution in [0.1, 0.15) is 5.56 Å². The first-order chi connectivity index (χ1) is 9.74. The lowest BCUT2D eigenvalue weighted by Crippen LogP contribution is -2.01. The summed E-state index contributed by atoms with van der Waals surface area (Å²) >= 11 is 3.48. The quantitative estimate of drug-likeness (QED) is 0.709. The van der Waals surface area contributed by atoms with Crippen molar-refractivity contribution < 1.29 is 0 Å². The van der Waals surface area contributed by atoms with Gasteiger partial charge in [0.15, 0.2) is 0 Å². The van der Waals surface area contributed by atoms with Gasteiger partial charge >= 0.3 is 0 Å². The van der Waals surface area contributed by atoms with Crippen molar-refractivity contribution in [2.45, 2.75) is 6.54 Å². The number of halogens is 1. The standard InChI is InChI=1S/C16H14BrN3/c17-12-4-1-3-11(9-12)10-20-15-7-6-14(18)16-13(15)5-2-8-19-16/h1-9,20H,10,18H2. The minimum absolute atomic E-state index is 0.702. The third-order valence-electron chi connectivity index (χ3n) is 3.17. The van der Waals surface area contributed by atoms with Gasteiger partial charge in [-0.05, 0) is 42.0 Å². The molecule has 2 aromatic carbocycles. The second-order valence-corrected chi connectivity index (χ2v) is 5.50. The molecule has 1 aromatic heterocycles. The molecule has 0 spiro atoms. The van der Waals surface area contributed by atoms with E-state index in [4.69, 9.17) is 5.73 Å². The van der Waals surface area contributed by atoms with Crippen LogP contribution in [0.2, 0.25) is 0 Å². The number of nitrogens with two attached hydrogens (primary N) is 1. The number of nitrogens with zero attached hydrogens (tertiary/aromatic N) is 1. The third-order valence-corrected chi connectivity index (χ3v) is 3.67. The Hall–Kier alpha value is -2.07. The van der Waals surface area contributed by atoms with Crippen LogP contribution in [0.5, 0.6) is 0 Å². The monoisotopic (exact) mass is 327 g/mol. The molecule has 20 heavy (non-hydrogen) atoms. The number of fused-ring (bicyclic) bond motifs is 1. The Labute approximate surface area is 126 Å². The summed E-state index contributed by atoms with van der Waals surface area (Å²) in [6, 6.07) is 16.1. The molecule has 4 heteroatoms. The molecule has 0 bridgehead atoms. The third kappa shape index (κ3) is 2.60. The van der Waals surface area contributed by atoms with Gasteiger partial charge in [-0.1, -0.05) is 28.1 Å². The van der Waals surface area contributed by atoms with Gasteiger partial charge in [0.25, 0.3) is 0 Å². The molecule has 0 atom stereocenters. The fraction of sp³-hybridized carbons (Fsp3) is 0.0625. The van der Waals surface area contributed by atoms with E-state index in [0.717, 1.165) is 27.6 Å². The highest BCUT2D eigenvalue weighted by Crippen LogP contribution is 2.26. The van der Waals surface area contributed by atoms with E-state index in [1.54, 1.807) is 6.20 Å². The van der Waals surface area contributed by atoms with Crippen molar-refractivity contribution in [3.05, 3.63) is 64.8 Å². The Kier molecular flexibility index (Phi) is 3.56. The van der Waals surface area contributed by atoms with Gasteiger partial charge in [-0.25, -0.2) is 0 Å². The highest BCUT2D eigenvalue weighted by atomic mass is 79.9. The zero-order chi connectivity index (χ0) is 13.9. The van der Waals surface area contributed by atoms with Crippen molar-refractivity contribution in [2.24, 2.45) is 0 Å². The number of pyridine rings is 1.